The van der Waals surface area contributed by atoms with E-state index in [-0.39, 0.29) is 42.7 Å². The Balaban J connectivity index is 2.48. The largest absolute Gasteiger partial charge is 0.463 e. The number of allylic oxidation sites excluding steroid dienone is 10. The van der Waals surface area contributed by atoms with Crippen LogP contribution in [0.4, 0.5) is 4.79 Å². The van der Waals surface area contributed by atoms with Crippen molar-refractivity contribution in [2.75, 3.05) is 53.7 Å². The summed E-state index contributed by atoms with van der Waals surface area (Å²) in [5, 5.41) is 3.10. The van der Waals surface area contributed by atoms with Gasteiger partial charge in [0.2, 0.25) is 0 Å². The van der Waals surface area contributed by atoms with Crippen LogP contribution in [0, 0.1) is 11.8 Å². The minimum Gasteiger partial charge on any atom is -0.463 e. The van der Waals surface area contributed by atoms with Crippen LogP contribution < -0.4 is 5.32 Å². The molecular weight excluding hydrogens is 797 g/mol. The molecule has 1 N–H and O–H groups in total. The molecule has 0 bridgehead atoms. The van der Waals surface area contributed by atoms with E-state index >= 15 is 0 Å². The summed E-state index contributed by atoms with van der Waals surface area (Å²) < 4.78 is 23.8. The van der Waals surface area contributed by atoms with E-state index in [0.29, 0.717) is 39.4 Å². The number of alkyl carbamates (subject to hydrolysis) is 1. The average Bonchev–Trinajstić information content (AvgIpc) is 3.64. The minimum atomic E-state index is -0.380. The van der Waals surface area contributed by atoms with Gasteiger partial charge < -0.3 is 29.2 Å². The Hall–Kier alpha value is -2.68. The first-order valence-corrected chi connectivity index (χ1v) is 26.6. The first-order valence-electron chi connectivity index (χ1n) is 26.6. The Morgan fingerprint density at radius 1 is 0.578 bits per heavy atom. The number of amides is 1. The molecule has 1 rings (SSSR count). The average molecular weight is 897 g/mol. The lowest BCUT2D eigenvalue weighted by molar-refractivity contribution is -0.151. The molecule has 1 aliphatic rings. The zero-order valence-corrected chi connectivity index (χ0v) is 42.2. The first-order chi connectivity index (χ1) is 31.4. The molecule has 1 fully saturated rings. The fourth-order valence-corrected chi connectivity index (χ4v) is 8.22. The van der Waals surface area contributed by atoms with E-state index in [1.54, 1.807) is 0 Å². The van der Waals surface area contributed by atoms with Crippen molar-refractivity contribution < 1.29 is 28.5 Å². The van der Waals surface area contributed by atoms with Crippen LogP contribution in [0.3, 0.4) is 0 Å². The summed E-state index contributed by atoms with van der Waals surface area (Å²) in [7, 11) is 3.91. The number of nitrogens with one attached hydrogen (secondary N) is 1. The monoisotopic (exact) mass is 897 g/mol. The van der Waals surface area contributed by atoms with E-state index in [2.05, 4.69) is 86.8 Å². The van der Waals surface area contributed by atoms with Gasteiger partial charge in [-0.2, -0.15) is 0 Å². The van der Waals surface area contributed by atoms with Crippen LogP contribution in [0.5, 0.6) is 0 Å². The lowest BCUT2D eigenvalue weighted by Crippen LogP contribution is -2.40. The third-order valence-corrected chi connectivity index (χ3v) is 12.2. The maximum atomic E-state index is 13.3. The molecule has 64 heavy (non-hydrogen) atoms. The minimum absolute atomic E-state index is 0.0237. The topological polar surface area (TPSA) is 86.3 Å². The van der Waals surface area contributed by atoms with Crippen molar-refractivity contribution in [3.8, 4) is 0 Å². The highest BCUT2D eigenvalue weighted by Gasteiger charge is 2.38. The second-order valence-electron chi connectivity index (χ2n) is 18.4. The maximum Gasteiger partial charge on any atom is 0.407 e. The van der Waals surface area contributed by atoms with Crippen molar-refractivity contribution in [1.82, 2.24) is 10.2 Å². The molecule has 4 atom stereocenters. The van der Waals surface area contributed by atoms with Crippen LogP contribution in [-0.4, -0.2) is 82.8 Å². The standard InChI is InChI=1S/C56H100N2O6/c1-6-9-12-14-16-18-20-22-24-26-28-30-32-34-36-39-45-61-49-52(62-46-40-37-35-33-31-29-27-25-23-21-19-17-15-13-10-7-2)50-64-55(59)48-51-42-43-54(53(51)41-38-11-8-3)57-56(60)63-47-44-58(4)5/h11,16-19,22-25,38,51-54H,6-10,12-15,20-21,26-37,39-50H2,1-5H3,(H,57,60)/b18-16-,19-17-,24-22-,25-23-,38-11-. The molecule has 0 aromatic heterocycles. The quantitative estimate of drug-likeness (QED) is 0.0370. The Labute approximate surface area is 394 Å². The number of nitrogens with zero attached hydrogens (tertiary/aromatic N) is 1. The van der Waals surface area contributed by atoms with Gasteiger partial charge in [0.15, 0.2) is 0 Å². The molecule has 1 amide bonds. The lowest BCUT2D eigenvalue weighted by Gasteiger charge is -2.25. The fourth-order valence-electron chi connectivity index (χ4n) is 8.22. The molecule has 0 aromatic carbocycles. The van der Waals surface area contributed by atoms with E-state index in [4.69, 9.17) is 18.9 Å². The molecule has 0 saturated heterocycles. The van der Waals surface area contributed by atoms with Crippen molar-refractivity contribution in [2.24, 2.45) is 11.8 Å². The van der Waals surface area contributed by atoms with Gasteiger partial charge in [-0.05, 0) is 129 Å². The molecule has 370 valence electrons. The molecule has 0 aromatic rings. The van der Waals surface area contributed by atoms with Gasteiger partial charge in [-0.15, -0.1) is 0 Å². The predicted molar refractivity (Wildman–Crippen MR) is 272 cm³/mol. The molecule has 1 aliphatic carbocycles. The van der Waals surface area contributed by atoms with Crippen LogP contribution in [0.15, 0.2) is 60.8 Å². The van der Waals surface area contributed by atoms with Gasteiger partial charge in [0, 0.05) is 32.2 Å². The third kappa shape index (κ3) is 37.5. The van der Waals surface area contributed by atoms with Gasteiger partial charge >= 0.3 is 12.1 Å². The summed E-state index contributed by atoms with van der Waals surface area (Å²) in [5.41, 5.74) is 0. The van der Waals surface area contributed by atoms with Crippen LogP contribution >= 0.6 is 0 Å². The molecule has 8 heteroatoms. The van der Waals surface area contributed by atoms with E-state index in [1.807, 2.05) is 19.0 Å². The number of carbonyl (C=O) groups excluding carboxylic acids is 2. The van der Waals surface area contributed by atoms with Crippen LogP contribution in [0.2, 0.25) is 0 Å². The van der Waals surface area contributed by atoms with Gasteiger partial charge in [0.1, 0.15) is 19.3 Å². The summed E-state index contributed by atoms with van der Waals surface area (Å²) in [6.07, 6.45) is 55.2. The van der Waals surface area contributed by atoms with Crippen LogP contribution in [-0.2, 0) is 23.7 Å². The van der Waals surface area contributed by atoms with Crippen molar-refractivity contribution in [3.05, 3.63) is 60.8 Å². The summed E-state index contributed by atoms with van der Waals surface area (Å²) >= 11 is 0. The summed E-state index contributed by atoms with van der Waals surface area (Å²) in [5.74, 6) is 0.0973. The zero-order valence-electron chi connectivity index (χ0n) is 42.2. The molecule has 1 saturated carbocycles. The van der Waals surface area contributed by atoms with Crippen molar-refractivity contribution in [3.63, 3.8) is 0 Å². The smallest absolute Gasteiger partial charge is 0.407 e. The zero-order chi connectivity index (χ0) is 46.4. The number of hydrogen-bond acceptors (Lipinski definition) is 7. The molecular formula is C56H100N2O6. The highest BCUT2D eigenvalue weighted by molar-refractivity contribution is 5.70. The van der Waals surface area contributed by atoms with Crippen LogP contribution in [0.1, 0.15) is 207 Å². The normalized spacial score (nSPS) is 17.4. The number of esters is 1. The van der Waals surface area contributed by atoms with Gasteiger partial charge in [0.05, 0.1) is 6.61 Å². The number of ether oxygens (including phenoxy) is 4. The Morgan fingerprint density at radius 2 is 1.11 bits per heavy atom. The maximum absolute atomic E-state index is 13.3. The van der Waals surface area contributed by atoms with Gasteiger partial charge in [-0.3, -0.25) is 4.79 Å². The second-order valence-corrected chi connectivity index (χ2v) is 18.4. The fraction of sp³-hybridized carbons (Fsp3) is 0.786. The second kappa shape index (κ2) is 45.5. The Bertz CT molecular complexity index is 1210. The number of carbonyl (C=O) groups is 2. The molecule has 0 radical (unpaired) electrons. The van der Waals surface area contributed by atoms with Gasteiger partial charge in [0.25, 0.3) is 0 Å². The highest BCUT2D eigenvalue weighted by Crippen LogP contribution is 2.37. The van der Waals surface area contributed by atoms with E-state index in [0.717, 1.165) is 57.8 Å². The van der Waals surface area contributed by atoms with E-state index in [9.17, 15) is 9.59 Å². The van der Waals surface area contributed by atoms with Crippen molar-refractivity contribution in [1.29, 1.82) is 0 Å². The number of hydrogen-bond donors (Lipinski definition) is 1. The molecule has 0 spiro atoms. The Kier molecular flexibility index (Phi) is 42.2. The SMILES string of the molecule is CC/C=C\CC1C(CC(=O)OCC(COCCCCCCCC/C=C\C/C=C\CCCCC)OCCCCCCCC/C=C\C/C=C\CCCCC)CCC1NC(=O)OCCN(C)C. The Morgan fingerprint density at radius 3 is 1.66 bits per heavy atom. The summed E-state index contributed by atoms with van der Waals surface area (Å²) in [4.78, 5) is 27.9. The first kappa shape index (κ1) is 59.3. The van der Waals surface area contributed by atoms with Crippen LogP contribution in [0.25, 0.3) is 0 Å². The molecule has 4 unspecified atom stereocenters. The van der Waals surface area contributed by atoms with Gasteiger partial charge in [-0.1, -0.05) is 159 Å². The van der Waals surface area contributed by atoms with E-state index < -0.39 is 0 Å². The molecule has 0 heterocycles. The lowest BCUT2D eigenvalue weighted by atomic mass is 9.88. The van der Waals surface area contributed by atoms with E-state index in [1.165, 1.54) is 122 Å². The summed E-state index contributed by atoms with van der Waals surface area (Å²) in [6.45, 7) is 9.65. The highest BCUT2D eigenvalue weighted by atomic mass is 16.6. The summed E-state index contributed by atoms with van der Waals surface area (Å²) in [6, 6.07) is -0.0237. The predicted octanol–water partition coefficient (Wildman–Crippen LogP) is 15.0. The third-order valence-electron chi connectivity index (χ3n) is 12.2. The molecule has 8 nitrogen and oxygen atoms in total. The van der Waals surface area contributed by atoms with Crippen molar-refractivity contribution in [2.45, 2.75) is 219 Å². The number of rotatable bonds is 44. The van der Waals surface area contributed by atoms with Crippen molar-refractivity contribution >= 4 is 12.1 Å². The van der Waals surface area contributed by atoms with Gasteiger partial charge in [-0.25, -0.2) is 4.79 Å². The number of likely N-dealkylation sites (N-methyl/N-ethyl adjacent to an activating group) is 1. The number of unbranched alkanes of at least 4 members (excludes halogenated alkanes) is 18. The molecule has 0 aliphatic heterocycles.